The summed E-state index contributed by atoms with van der Waals surface area (Å²) in [5, 5.41) is 1.29. The Bertz CT molecular complexity index is 426. The van der Waals surface area contributed by atoms with Crippen LogP contribution in [0, 0.1) is 0 Å². The molecule has 0 N–H and O–H groups in total. The molecule has 0 spiro atoms. The summed E-state index contributed by atoms with van der Waals surface area (Å²) in [4.78, 5) is 0. The van der Waals surface area contributed by atoms with Crippen LogP contribution in [0.1, 0.15) is 12.5 Å². The molecule has 0 bridgehead atoms. The van der Waals surface area contributed by atoms with E-state index < -0.39 is 8.07 Å². The van der Waals surface area contributed by atoms with Crippen molar-refractivity contribution in [3.05, 3.63) is 59.5 Å². The second kappa shape index (κ2) is 5.15. The Morgan fingerprint density at radius 3 is 2.19 bits per heavy atom. The van der Waals surface area contributed by atoms with Crippen LogP contribution in [0.3, 0.4) is 0 Å². The maximum absolute atomic E-state index is 3.80. The van der Waals surface area contributed by atoms with Crippen molar-refractivity contribution in [1.29, 1.82) is 0 Å². The molecule has 16 heavy (non-hydrogen) atoms. The molecule has 1 aromatic rings. The first-order valence-electron chi connectivity index (χ1n) is 5.59. The summed E-state index contributed by atoms with van der Waals surface area (Å²) in [5.41, 5.74) is 5.65. The van der Waals surface area contributed by atoms with E-state index in [9.17, 15) is 0 Å². The summed E-state index contributed by atoms with van der Waals surface area (Å²) in [5.74, 6) is 0. The zero-order valence-corrected chi connectivity index (χ0v) is 11.7. The number of allylic oxidation sites excluding steroid dienone is 3. The van der Waals surface area contributed by atoms with Gasteiger partial charge in [-0.3, -0.25) is 0 Å². The standard InChI is InChI=1S/C15H20Si/c1-6-15(16(3,4)5)12-13(2)14-10-8-7-9-11-14/h7-12H,1H2,2-5H3/b13-12+. The minimum Gasteiger partial charge on any atom is -0.130 e. The van der Waals surface area contributed by atoms with Gasteiger partial charge in [-0.25, -0.2) is 0 Å². The van der Waals surface area contributed by atoms with Crippen LogP contribution in [-0.4, -0.2) is 8.07 Å². The van der Waals surface area contributed by atoms with Crippen LogP contribution < -0.4 is 0 Å². The summed E-state index contributed by atoms with van der Waals surface area (Å²) in [6, 6.07) is 10.4. The average Bonchev–Trinajstić information content (AvgIpc) is 2.25. The van der Waals surface area contributed by atoms with Crippen molar-refractivity contribution in [3.63, 3.8) is 0 Å². The highest BCUT2D eigenvalue weighted by Crippen LogP contribution is 2.20. The van der Waals surface area contributed by atoms with Crippen LogP contribution in [0.4, 0.5) is 0 Å². The van der Waals surface area contributed by atoms with Gasteiger partial charge in [0.25, 0.3) is 0 Å². The number of hydrogen-bond donors (Lipinski definition) is 0. The zero-order chi connectivity index (χ0) is 12.2. The van der Waals surface area contributed by atoms with Crippen molar-refractivity contribution >= 4 is 13.6 Å². The molecule has 0 heterocycles. The third kappa shape index (κ3) is 3.37. The van der Waals surface area contributed by atoms with Gasteiger partial charge < -0.3 is 0 Å². The fourth-order valence-corrected chi connectivity index (χ4v) is 2.71. The van der Waals surface area contributed by atoms with Crippen molar-refractivity contribution < 1.29 is 0 Å². The van der Waals surface area contributed by atoms with E-state index >= 15 is 0 Å². The average molecular weight is 228 g/mol. The molecule has 84 valence electrons. The Kier molecular flexibility index (Phi) is 4.11. The molecule has 0 aromatic heterocycles. The Morgan fingerprint density at radius 2 is 1.75 bits per heavy atom. The van der Waals surface area contributed by atoms with Crippen LogP contribution in [0.5, 0.6) is 0 Å². The molecule has 1 heteroatoms. The van der Waals surface area contributed by atoms with Crippen LogP contribution in [0.15, 0.2) is 53.9 Å². The highest BCUT2D eigenvalue weighted by Gasteiger charge is 2.17. The maximum atomic E-state index is 3.80. The van der Waals surface area contributed by atoms with Gasteiger partial charge in [0, 0.05) is 0 Å². The van der Waals surface area contributed by atoms with Gasteiger partial charge >= 0.3 is 0 Å². The van der Waals surface area contributed by atoms with Gasteiger partial charge in [0.1, 0.15) is 0 Å². The predicted molar refractivity (Wildman–Crippen MR) is 76.1 cm³/mol. The SMILES string of the molecule is C=C=C(/C=C(\C)c1ccccc1)[Si](C)(C)C. The molecule has 1 aromatic carbocycles. The second-order valence-corrected chi connectivity index (χ2v) is 10.1. The summed E-state index contributed by atoms with van der Waals surface area (Å²) in [7, 11) is -1.32. The van der Waals surface area contributed by atoms with Crippen molar-refractivity contribution in [2.24, 2.45) is 0 Å². The molecule has 1 rings (SSSR count). The van der Waals surface area contributed by atoms with Gasteiger partial charge in [-0.05, 0) is 23.3 Å². The maximum Gasteiger partial charge on any atom is 0.0875 e. The summed E-state index contributed by atoms with van der Waals surface area (Å²) < 4.78 is 0. The minimum absolute atomic E-state index is 1.27. The first kappa shape index (κ1) is 12.8. The highest BCUT2D eigenvalue weighted by atomic mass is 28.3. The van der Waals surface area contributed by atoms with Gasteiger partial charge in [0.15, 0.2) is 0 Å². The van der Waals surface area contributed by atoms with E-state index in [0.717, 1.165) is 0 Å². The largest absolute Gasteiger partial charge is 0.130 e. The van der Waals surface area contributed by atoms with Crippen LogP contribution in [-0.2, 0) is 0 Å². The molecule has 0 radical (unpaired) electrons. The van der Waals surface area contributed by atoms with Crippen LogP contribution in [0.25, 0.3) is 5.57 Å². The molecular weight excluding hydrogens is 208 g/mol. The highest BCUT2D eigenvalue weighted by molar-refractivity contribution is 6.83. The van der Waals surface area contributed by atoms with E-state index in [1.54, 1.807) is 0 Å². The van der Waals surface area contributed by atoms with Crippen molar-refractivity contribution in [3.8, 4) is 0 Å². The Hall–Kier alpha value is -1.30. The van der Waals surface area contributed by atoms with E-state index in [2.05, 4.69) is 69.2 Å². The quantitative estimate of drug-likeness (QED) is 0.400. The number of hydrogen-bond acceptors (Lipinski definition) is 0. The predicted octanol–water partition coefficient (Wildman–Crippen LogP) is 4.68. The summed E-state index contributed by atoms with van der Waals surface area (Å²) in [6.45, 7) is 12.9. The first-order valence-corrected chi connectivity index (χ1v) is 9.09. The van der Waals surface area contributed by atoms with Gasteiger partial charge in [-0.15, -0.1) is 5.73 Å². The Labute approximate surface area is 100 Å². The molecule has 0 unspecified atom stereocenters. The van der Waals surface area contributed by atoms with E-state index in [-0.39, 0.29) is 0 Å². The fraction of sp³-hybridized carbons (Fsp3) is 0.267. The molecular formula is C15H20Si. The van der Waals surface area contributed by atoms with E-state index in [1.165, 1.54) is 16.3 Å². The molecule has 0 atom stereocenters. The molecule has 0 saturated carbocycles. The molecule has 0 saturated heterocycles. The topological polar surface area (TPSA) is 0 Å². The molecule has 0 aliphatic carbocycles. The van der Waals surface area contributed by atoms with E-state index in [0.29, 0.717) is 0 Å². The number of rotatable bonds is 3. The van der Waals surface area contributed by atoms with Gasteiger partial charge in [-0.2, -0.15) is 0 Å². The molecule has 0 amide bonds. The van der Waals surface area contributed by atoms with Crippen LogP contribution >= 0.6 is 0 Å². The smallest absolute Gasteiger partial charge is 0.0875 e. The van der Waals surface area contributed by atoms with Crippen molar-refractivity contribution in [2.75, 3.05) is 0 Å². The number of benzene rings is 1. The Morgan fingerprint density at radius 1 is 1.19 bits per heavy atom. The fourth-order valence-electron chi connectivity index (χ4n) is 1.53. The van der Waals surface area contributed by atoms with Crippen molar-refractivity contribution in [2.45, 2.75) is 26.6 Å². The van der Waals surface area contributed by atoms with Crippen LogP contribution in [0.2, 0.25) is 19.6 Å². The summed E-state index contributed by atoms with van der Waals surface area (Å²) >= 11 is 0. The summed E-state index contributed by atoms with van der Waals surface area (Å²) in [6.07, 6.45) is 2.23. The minimum atomic E-state index is -1.32. The lowest BCUT2D eigenvalue weighted by Crippen LogP contribution is -2.22. The van der Waals surface area contributed by atoms with Gasteiger partial charge in [0.2, 0.25) is 0 Å². The Balaban J connectivity index is 3.07. The second-order valence-electron chi connectivity index (χ2n) is 5.03. The monoisotopic (exact) mass is 228 g/mol. The lowest BCUT2D eigenvalue weighted by Gasteiger charge is -2.16. The normalized spacial score (nSPS) is 12.1. The van der Waals surface area contributed by atoms with Gasteiger partial charge in [-0.1, -0.05) is 62.6 Å². The van der Waals surface area contributed by atoms with E-state index in [4.69, 9.17) is 0 Å². The molecule has 0 aliphatic heterocycles. The lowest BCUT2D eigenvalue weighted by molar-refractivity contribution is 1.55. The third-order valence-corrected chi connectivity index (χ3v) is 4.53. The molecule has 0 nitrogen and oxygen atoms in total. The lowest BCUT2D eigenvalue weighted by atomic mass is 10.1. The molecule has 0 aliphatic rings. The third-order valence-electron chi connectivity index (χ3n) is 2.59. The van der Waals surface area contributed by atoms with E-state index in [1.807, 2.05) is 6.07 Å². The van der Waals surface area contributed by atoms with Gasteiger partial charge in [0.05, 0.1) is 8.07 Å². The zero-order valence-electron chi connectivity index (χ0n) is 10.7. The van der Waals surface area contributed by atoms with Crippen molar-refractivity contribution in [1.82, 2.24) is 0 Å². The first-order chi connectivity index (χ1) is 7.45. The molecule has 0 fully saturated rings.